The molecular weight excluding hydrogens is 411 g/mol. The second kappa shape index (κ2) is 9.36. The number of hydrogen-bond donors (Lipinski definition) is 3. The van der Waals surface area contributed by atoms with Crippen LogP contribution in [0.4, 0.5) is 5.69 Å². The van der Waals surface area contributed by atoms with Gasteiger partial charge in [-0.2, -0.15) is 0 Å². The topological polar surface area (TPSA) is 87.7 Å². The zero-order valence-corrected chi connectivity index (χ0v) is 16.3. The molecule has 0 spiro atoms. The predicted molar refractivity (Wildman–Crippen MR) is 110 cm³/mol. The average molecular weight is 425 g/mol. The minimum atomic E-state index is -1.10. The van der Waals surface area contributed by atoms with Gasteiger partial charge in [-0.15, -0.1) is 0 Å². The summed E-state index contributed by atoms with van der Waals surface area (Å²) in [6, 6.07) is 9.12. The van der Waals surface area contributed by atoms with E-state index in [0.717, 1.165) is 0 Å². The van der Waals surface area contributed by atoms with Crippen molar-refractivity contribution in [2.24, 2.45) is 0 Å². The Morgan fingerprint density at radius 1 is 1.19 bits per heavy atom. The molecule has 0 fully saturated rings. The van der Waals surface area contributed by atoms with Crippen LogP contribution >= 0.6 is 35.4 Å². The van der Waals surface area contributed by atoms with E-state index < -0.39 is 11.9 Å². The molecule has 2 aromatic carbocycles. The second-order valence-electron chi connectivity index (χ2n) is 5.16. The maximum atomic E-state index is 12.0. The molecule has 0 heterocycles. The Labute approximate surface area is 170 Å². The van der Waals surface area contributed by atoms with E-state index in [1.807, 2.05) is 0 Å². The molecule has 0 saturated carbocycles. The third-order valence-corrected chi connectivity index (χ3v) is 4.07. The largest absolute Gasteiger partial charge is 0.495 e. The summed E-state index contributed by atoms with van der Waals surface area (Å²) in [6.07, 6.45) is 2.77. The summed E-state index contributed by atoms with van der Waals surface area (Å²) in [5.74, 6) is -1.22. The van der Waals surface area contributed by atoms with E-state index in [-0.39, 0.29) is 10.7 Å². The van der Waals surface area contributed by atoms with E-state index >= 15 is 0 Å². The molecule has 2 rings (SSSR count). The van der Waals surface area contributed by atoms with Gasteiger partial charge in [0.2, 0.25) is 5.91 Å². The van der Waals surface area contributed by atoms with Crippen LogP contribution in [0.2, 0.25) is 10.0 Å². The Morgan fingerprint density at radius 3 is 2.56 bits per heavy atom. The normalized spacial score (nSPS) is 10.5. The van der Waals surface area contributed by atoms with Gasteiger partial charge in [0.15, 0.2) is 5.11 Å². The van der Waals surface area contributed by atoms with E-state index in [0.29, 0.717) is 27.0 Å². The highest BCUT2D eigenvalue weighted by Crippen LogP contribution is 2.25. The summed E-state index contributed by atoms with van der Waals surface area (Å²) in [6.45, 7) is 0. The summed E-state index contributed by atoms with van der Waals surface area (Å²) in [7, 11) is 1.43. The van der Waals surface area contributed by atoms with Crippen molar-refractivity contribution in [3.05, 3.63) is 63.6 Å². The molecule has 0 saturated heterocycles. The number of aromatic carboxylic acids is 1. The highest BCUT2D eigenvalue weighted by atomic mass is 35.5. The van der Waals surface area contributed by atoms with Gasteiger partial charge in [-0.05, 0) is 54.2 Å². The fourth-order valence-corrected chi connectivity index (χ4v) is 2.73. The van der Waals surface area contributed by atoms with Gasteiger partial charge in [0.1, 0.15) is 5.75 Å². The molecule has 0 unspecified atom stereocenters. The fourth-order valence-electron chi connectivity index (χ4n) is 2.05. The third-order valence-electron chi connectivity index (χ3n) is 3.31. The van der Waals surface area contributed by atoms with Gasteiger partial charge in [0.05, 0.1) is 18.4 Å². The number of thiocarbonyl (C=S) groups is 1. The zero-order chi connectivity index (χ0) is 20.0. The number of ether oxygens (including phenoxy) is 1. The smallest absolute Gasteiger partial charge is 0.335 e. The molecule has 6 nitrogen and oxygen atoms in total. The van der Waals surface area contributed by atoms with Crippen LogP contribution in [0, 0.1) is 0 Å². The Morgan fingerprint density at radius 2 is 1.93 bits per heavy atom. The first-order valence-corrected chi connectivity index (χ1v) is 8.63. The molecule has 0 aliphatic heterocycles. The number of benzene rings is 2. The zero-order valence-electron chi connectivity index (χ0n) is 14.0. The number of amides is 1. The number of anilines is 1. The molecule has 0 aromatic heterocycles. The number of carbonyl (C=O) groups excluding carboxylic acids is 1. The fraction of sp³-hybridized carbons (Fsp3) is 0.0556. The number of carboxylic acids is 1. The lowest BCUT2D eigenvalue weighted by molar-refractivity contribution is -0.115. The molecule has 140 valence electrons. The SMILES string of the molecule is COc1ccc(C(=O)O)cc1NC(=S)NC(=O)C=Cc1ccc(Cl)cc1Cl. The maximum Gasteiger partial charge on any atom is 0.335 e. The molecule has 0 bridgehead atoms. The number of methoxy groups -OCH3 is 1. The Balaban J connectivity index is 2.04. The lowest BCUT2D eigenvalue weighted by Crippen LogP contribution is -2.33. The Bertz CT molecular complexity index is 932. The van der Waals surface area contributed by atoms with Crippen LogP contribution in [-0.4, -0.2) is 29.2 Å². The van der Waals surface area contributed by atoms with E-state index in [2.05, 4.69) is 10.6 Å². The van der Waals surface area contributed by atoms with Crippen molar-refractivity contribution in [2.75, 3.05) is 12.4 Å². The molecule has 0 radical (unpaired) electrons. The number of carbonyl (C=O) groups is 2. The lowest BCUT2D eigenvalue weighted by Gasteiger charge is -2.12. The van der Waals surface area contributed by atoms with Crippen LogP contribution in [0.3, 0.4) is 0 Å². The molecule has 3 N–H and O–H groups in total. The first-order valence-electron chi connectivity index (χ1n) is 7.46. The predicted octanol–water partition coefficient (Wildman–Crippen LogP) is 4.23. The number of carboxylic acid groups (broad SMARTS) is 1. The van der Waals surface area contributed by atoms with Crippen LogP contribution in [0.1, 0.15) is 15.9 Å². The lowest BCUT2D eigenvalue weighted by atomic mass is 10.2. The molecule has 27 heavy (non-hydrogen) atoms. The minimum absolute atomic E-state index is 0.0207. The number of rotatable bonds is 5. The standard InChI is InChI=1S/C18H14Cl2N2O4S/c1-26-15-6-3-11(17(24)25)8-14(15)21-18(27)22-16(23)7-4-10-2-5-12(19)9-13(10)20/h2-9H,1H3,(H,24,25)(H2,21,22,23,27). The van der Waals surface area contributed by atoms with Gasteiger partial charge < -0.3 is 15.2 Å². The molecule has 0 atom stereocenters. The van der Waals surface area contributed by atoms with Gasteiger partial charge in [-0.25, -0.2) is 4.79 Å². The number of hydrogen-bond acceptors (Lipinski definition) is 4. The summed E-state index contributed by atoms with van der Waals surface area (Å²) < 4.78 is 5.15. The molecule has 1 amide bonds. The summed E-state index contributed by atoms with van der Waals surface area (Å²) in [5.41, 5.74) is 0.975. The van der Waals surface area contributed by atoms with Crippen molar-refractivity contribution in [3.63, 3.8) is 0 Å². The van der Waals surface area contributed by atoms with Gasteiger partial charge in [-0.1, -0.05) is 29.3 Å². The summed E-state index contributed by atoms with van der Waals surface area (Å²) in [5, 5.41) is 15.1. The molecule has 0 aliphatic carbocycles. The van der Waals surface area contributed by atoms with Crippen LogP contribution in [-0.2, 0) is 4.79 Å². The van der Waals surface area contributed by atoms with Crippen molar-refractivity contribution in [1.82, 2.24) is 5.32 Å². The van der Waals surface area contributed by atoms with Gasteiger partial charge in [0, 0.05) is 16.1 Å². The van der Waals surface area contributed by atoms with Gasteiger partial charge in [0.25, 0.3) is 0 Å². The molecule has 0 aliphatic rings. The van der Waals surface area contributed by atoms with E-state index in [9.17, 15) is 9.59 Å². The second-order valence-corrected chi connectivity index (χ2v) is 6.41. The van der Waals surface area contributed by atoms with Crippen LogP contribution < -0.4 is 15.4 Å². The van der Waals surface area contributed by atoms with Gasteiger partial charge in [-0.3, -0.25) is 10.1 Å². The van der Waals surface area contributed by atoms with Crippen molar-refractivity contribution in [2.45, 2.75) is 0 Å². The van der Waals surface area contributed by atoms with Crippen LogP contribution in [0.5, 0.6) is 5.75 Å². The van der Waals surface area contributed by atoms with Crippen molar-refractivity contribution < 1.29 is 19.4 Å². The van der Waals surface area contributed by atoms with E-state index in [1.54, 1.807) is 18.2 Å². The Hall–Kier alpha value is -2.61. The molecular formula is C18H14Cl2N2O4S. The minimum Gasteiger partial charge on any atom is -0.495 e. The monoisotopic (exact) mass is 424 g/mol. The summed E-state index contributed by atoms with van der Waals surface area (Å²) >= 11 is 16.9. The van der Waals surface area contributed by atoms with Crippen LogP contribution in [0.15, 0.2) is 42.5 Å². The van der Waals surface area contributed by atoms with Crippen molar-refractivity contribution in [1.29, 1.82) is 0 Å². The summed E-state index contributed by atoms with van der Waals surface area (Å²) in [4.78, 5) is 23.1. The van der Waals surface area contributed by atoms with E-state index in [4.69, 9.17) is 45.3 Å². The number of nitrogens with one attached hydrogen (secondary N) is 2. The third kappa shape index (κ3) is 5.96. The molecule has 2 aromatic rings. The first kappa shape index (κ1) is 20.7. The molecule has 9 heteroatoms. The van der Waals surface area contributed by atoms with Crippen molar-refractivity contribution >= 4 is 64.2 Å². The first-order chi connectivity index (χ1) is 12.8. The number of halogens is 2. The maximum absolute atomic E-state index is 12.0. The van der Waals surface area contributed by atoms with Crippen LogP contribution in [0.25, 0.3) is 6.08 Å². The van der Waals surface area contributed by atoms with E-state index in [1.165, 1.54) is 37.5 Å². The quantitative estimate of drug-likeness (QED) is 0.491. The highest BCUT2D eigenvalue weighted by molar-refractivity contribution is 7.80. The van der Waals surface area contributed by atoms with Gasteiger partial charge >= 0.3 is 5.97 Å². The van der Waals surface area contributed by atoms with Crippen molar-refractivity contribution in [3.8, 4) is 5.75 Å². The highest BCUT2D eigenvalue weighted by Gasteiger charge is 2.11. The average Bonchev–Trinajstić information content (AvgIpc) is 2.60. The Kier molecular flexibility index (Phi) is 7.18.